The van der Waals surface area contributed by atoms with Crippen molar-refractivity contribution in [2.24, 2.45) is 0 Å². The third-order valence-corrected chi connectivity index (χ3v) is 7.69. The monoisotopic (exact) mass is 490 g/mol. The molecule has 0 N–H and O–H groups in total. The van der Waals surface area contributed by atoms with Crippen molar-refractivity contribution in [2.45, 2.75) is 36.7 Å². The fraction of sp³-hybridized carbons (Fsp3) is 0.333. The molecule has 1 aromatic carbocycles. The number of nitrogens with zero attached hydrogens (tertiary/aromatic N) is 4. The Hall–Kier alpha value is -2.98. The highest BCUT2D eigenvalue weighted by molar-refractivity contribution is 7.90. The summed E-state index contributed by atoms with van der Waals surface area (Å²) in [6.07, 6.45) is 2.14. The molecule has 0 radical (unpaired) electrons. The minimum atomic E-state index is -4.17. The number of rotatable bonds is 7. The van der Waals surface area contributed by atoms with Crippen LogP contribution in [0.5, 0.6) is 0 Å². The zero-order valence-corrected chi connectivity index (χ0v) is 19.7. The first-order valence-electron chi connectivity index (χ1n) is 10.8. The van der Waals surface area contributed by atoms with Gasteiger partial charge in [-0.1, -0.05) is 24.3 Å². The maximum absolute atomic E-state index is 15.2. The highest BCUT2D eigenvalue weighted by Gasteiger charge is 2.30. The smallest absolute Gasteiger partial charge is 0.213 e. The second kappa shape index (κ2) is 9.71. The van der Waals surface area contributed by atoms with E-state index in [-0.39, 0.29) is 23.1 Å². The summed E-state index contributed by atoms with van der Waals surface area (Å²) in [7, 11) is -2.36. The molecule has 0 spiro atoms. The standard InChI is InChI=1S/C24H25F3N4O2S/c1-16-21(30(2)19-10-11-31(14-19)13-17-6-3-4-8-20(17)25)12-28-24(23(16)27)34(32,33)15-18-7-5-9-22(26)29-18/h3-9,12,19H,10-11,13-15H2,1-2H3/t19-/m0/s1. The Kier molecular flexibility index (Phi) is 6.90. The summed E-state index contributed by atoms with van der Waals surface area (Å²) in [5, 5.41) is -0.680. The molecule has 3 heterocycles. The molecule has 34 heavy (non-hydrogen) atoms. The Bertz CT molecular complexity index is 1300. The highest BCUT2D eigenvalue weighted by atomic mass is 32.2. The van der Waals surface area contributed by atoms with Gasteiger partial charge >= 0.3 is 0 Å². The van der Waals surface area contributed by atoms with E-state index < -0.39 is 32.4 Å². The van der Waals surface area contributed by atoms with E-state index in [1.165, 1.54) is 31.3 Å². The SMILES string of the molecule is Cc1c(N(C)[C@H]2CCN(Cc3ccccc3F)C2)cnc(S(=O)(=O)Cc2cccc(F)n2)c1F. The van der Waals surface area contributed by atoms with Crippen LogP contribution in [0.15, 0.2) is 53.7 Å². The van der Waals surface area contributed by atoms with Gasteiger partial charge in [-0.15, -0.1) is 0 Å². The van der Waals surface area contributed by atoms with Crippen LogP contribution in [0.4, 0.5) is 18.9 Å². The molecule has 180 valence electrons. The van der Waals surface area contributed by atoms with Crippen LogP contribution in [-0.2, 0) is 22.1 Å². The first-order chi connectivity index (χ1) is 16.2. The summed E-state index contributed by atoms with van der Waals surface area (Å²) in [4.78, 5) is 11.5. The molecule has 1 atom stereocenters. The highest BCUT2D eigenvalue weighted by Crippen LogP contribution is 2.30. The summed E-state index contributed by atoms with van der Waals surface area (Å²) in [5.41, 5.74) is 1.24. The van der Waals surface area contributed by atoms with E-state index in [0.717, 1.165) is 19.0 Å². The van der Waals surface area contributed by atoms with Crippen LogP contribution in [0.1, 0.15) is 23.2 Å². The van der Waals surface area contributed by atoms with Gasteiger partial charge in [-0.2, -0.15) is 4.39 Å². The van der Waals surface area contributed by atoms with Crippen LogP contribution < -0.4 is 4.90 Å². The third kappa shape index (κ3) is 5.07. The fourth-order valence-corrected chi connectivity index (χ4v) is 5.57. The lowest BCUT2D eigenvalue weighted by Gasteiger charge is -2.28. The molecule has 1 fully saturated rings. The van der Waals surface area contributed by atoms with Crippen molar-refractivity contribution in [2.75, 3.05) is 25.0 Å². The number of benzene rings is 1. The molecule has 0 bridgehead atoms. The molecule has 1 aliphatic rings. The molecule has 6 nitrogen and oxygen atoms in total. The largest absolute Gasteiger partial charge is 0.369 e. The van der Waals surface area contributed by atoms with E-state index in [9.17, 15) is 17.2 Å². The Balaban J connectivity index is 1.50. The quantitative estimate of drug-likeness (QED) is 0.469. The number of hydrogen-bond donors (Lipinski definition) is 0. The first kappa shape index (κ1) is 24.2. The van der Waals surface area contributed by atoms with Gasteiger partial charge in [0.25, 0.3) is 0 Å². The minimum absolute atomic E-state index is 0.0269. The number of hydrogen-bond acceptors (Lipinski definition) is 6. The van der Waals surface area contributed by atoms with Crippen molar-refractivity contribution >= 4 is 15.5 Å². The van der Waals surface area contributed by atoms with Crippen molar-refractivity contribution in [1.29, 1.82) is 0 Å². The van der Waals surface area contributed by atoms with Gasteiger partial charge in [0, 0.05) is 43.9 Å². The summed E-state index contributed by atoms with van der Waals surface area (Å²) >= 11 is 0. The van der Waals surface area contributed by atoms with Gasteiger partial charge < -0.3 is 4.90 Å². The molecule has 4 rings (SSSR count). The number of aromatic nitrogens is 2. The molecule has 2 aromatic heterocycles. The molecule has 0 unspecified atom stereocenters. The molecule has 0 aliphatic carbocycles. The number of halogens is 3. The van der Waals surface area contributed by atoms with Crippen LogP contribution in [0.3, 0.4) is 0 Å². The summed E-state index contributed by atoms with van der Waals surface area (Å²) < 4.78 is 68.0. The number of sulfone groups is 1. The van der Waals surface area contributed by atoms with Gasteiger partial charge in [-0.25, -0.2) is 27.2 Å². The zero-order chi connectivity index (χ0) is 24.5. The lowest BCUT2D eigenvalue weighted by Crippen LogP contribution is -2.35. The van der Waals surface area contributed by atoms with Crippen LogP contribution in [0.25, 0.3) is 0 Å². The molecule has 10 heteroatoms. The van der Waals surface area contributed by atoms with E-state index in [0.29, 0.717) is 24.3 Å². The van der Waals surface area contributed by atoms with E-state index in [4.69, 9.17) is 0 Å². The van der Waals surface area contributed by atoms with Crippen molar-refractivity contribution in [3.63, 3.8) is 0 Å². The minimum Gasteiger partial charge on any atom is -0.369 e. The van der Waals surface area contributed by atoms with Gasteiger partial charge in [0.2, 0.25) is 15.8 Å². The Morgan fingerprint density at radius 2 is 1.88 bits per heavy atom. The predicted molar refractivity (Wildman–Crippen MR) is 123 cm³/mol. The fourth-order valence-electron chi connectivity index (χ4n) is 4.25. The molecule has 1 aliphatic heterocycles. The summed E-state index contributed by atoms with van der Waals surface area (Å²) in [5.74, 6) is -2.64. The van der Waals surface area contributed by atoms with Crippen LogP contribution in [-0.4, -0.2) is 49.5 Å². The van der Waals surface area contributed by atoms with Crippen molar-refractivity contribution in [1.82, 2.24) is 14.9 Å². The van der Waals surface area contributed by atoms with Gasteiger partial charge in [-0.3, -0.25) is 4.90 Å². The maximum Gasteiger partial charge on any atom is 0.213 e. The molecule has 3 aromatic rings. The number of likely N-dealkylation sites (tertiary alicyclic amines) is 1. The van der Waals surface area contributed by atoms with E-state index >= 15 is 4.39 Å². The second-order valence-corrected chi connectivity index (χ2v) is 10.4. The number of likely N-dealkylation sites (N-methyl/N-ethyl adjacent to an activating group) is 1. The Labute approximate surface area is 197 Å². The first-order valence-corrected chi connectivity index (χ1v) is 12.5. The lowest BCUT2D eigenvalue weighted by atomic mass is 10.1. The average molecular weight is 491 g/mol. The average Bonchev–Trinajstić information content (AvgIpc) is 3.25. The van der Waals surface area contributed by atoms with Gasteiger partial charge in [0.1, 0.15) is 5.82 Å². The van der Waals surface area contributed by atoms with Gasteiger partial charge in [0.05, 0.1) is 23.3 Å². The van der Waals surface area contributed by atoms with Gasteiger partial charge in [0.15, 0.2) is 10.8 Å². The topological polar surface area (TPSA) is 66.4 Å². The molecular formula is C24H25F3N4O2S. The normalized spacial score (nSPS) is 16.7. The molecule has 1 saturated heterocycles. The molecule has 0 saturated carbocycles. The van der Waals surface area contributed by atoms with Crippen LogP contribution in [0.2, 0.25) is 0 Å². The van der Waals surface area contributed by atoms with Crippen LogP contribution in [0, 0.1) is 24.5 Å². The summed E-state index contributed by atoms with van der Waals surface area (Å²) in [6.45, 7) is 3.39. The third-order valence-electron chi connectivity index (χ3n) is 6.14. The number of anilines is 1. The molecule has 0 amide bonds. The van der Waals surface area contributed by atoms with Crippen molar-refractivity contribution < 1.29 is 21.6 Å². The Morgan fingerprint density at radius 1 is 1.12 bits per heavy atom. The zero-order valence-electron chi connectivity index (χ0n) is 18.9. The van der Waals surface area contributed by atoms with E-state index in [1.54, 1.807) is 18.2 Å². The van der Waals surface area contributed by atoms with E-state index in [2.05, 4.69) is 14.9 Å². The van der Waals surface area contributed by atoms with Crippen LogP contribution >= 0.6 is 0 Å². The Morgan fingerprint density at radius 3 is 2.62 bits per heavy atom. The van der Waals surface area contributed by atoms with Gasteiger partial charge in [-0.05, 0) is 31.5 Å². The lowest BCUT2D eigenvalue weighted by molar-refractivity contribution is 0.320. The number of pyridine rings is 2. The van der Waals surface area contributed by atoms with Crippen molar-refractivity contribution in [3.8, 4) is 0 Å². The van der Waals surface area contributed by atoms with Crippen molar-refractivity contribution in [3.05, 3.63) is 83.1 Å². The maximum atomic E-state index is 15.2. The predicted octanol–water partition coefficient (Wildman–Crippen LogP) is 3.89. The summed E-state index contributed by atoms with van der Waals surface area (Å²) in [6, 6.07) is 10.5. The second-order valence-electron chi connectivity index (χ2n) is 8.48. The molecular weight excluding hydrogens is 465 g/mol. The van der Waals surface area contributed by atoms with E-state index in [1.807, 2.05) is 11.9 Å².